The third-order valence-electron chi connectivity index (χ3n) is 4.97. The summed E-state index contributed by atoms with van der Waals surface area (Å²) in [4.78, 5) is 4.90. The Labute approximate surface area is 189 Å². The molecule has 1 aromatic heterocycles. The van der Waals surface area contributed by atoms with Crippen LogP contribution in [-0.2, 0) is 0 Å². The second-order valence-corrected chi connectivity index (χ2v) is 7.73. The first kappa shape index (κ1) is 20.9. The Kier molecular flexibility index (Phi) is 5.95. The Balaban J connectivity index is 1.97. The lowest BCUT2D eigenvalue weighted by Gasteiger charge is -2.13. The van der Waals surface area contributed by atoms with E-state index in [1.807, 2.05) is 61.5 Å². The summed E-state index contributed by atoms with van der Waals surface area (Å²) in [6.45, 7) is 2.04. The van der Waals surface area contributed by atoms with Crippen molar-refractivity contribution >= 4 is 15.9 Å². The number of hydrogen-bond donors (Lipinski definition) is 0. The summed E-state index contributed by atoms with van der Waals surface area (Å²) in [5.74, 6) is 3.21. The van der Waals surface area contributed by atoms with Crippen molar-refractivity contribution in [1.29, 1.82) is 0 Å². The predicted octanol–water partition coefficient (Wildman–Crippen LogP) is 5.70. The first-order valence-corrected chi connectivity index (χ1v) is 10.4. The van der Waals surface area contributed by atoms with Gasteiger partial charge < -0.3 is 14.2 Å². The van der Waals surface area contributed by atoms with Crippen molar-refractivity contribution in [1.82, 2.24) is 14.8 Å². The van der Waals surface area contributed by atoms with E-state index in [1.165, 1.54) is 0 Å². The monoisotopic (exact) mass is 479 g/mol. The van der Waals surface area contributed by atoms with Gasteiger partial charge >= 0.3 is 0 Å². The lowest BCUT2D eigenvalue weighted by Crippen LogP contribution is -2.02. The van der Waals surface area contributed by atoms with Crippen LogP contribution in [0.4, 0.5) is 0 Å². The van der Waals surface area contributed by atoms with E-state index >= 15 is 0 Å². The summed E-state index contributed by atoms with van der Waals surface area (Å²) in [7, 11) is 4.87. The average Bonchev–Trinajstić information content (AvgIpc) is 3.25. The molecule has 7 heteroatoms. The Bertz CT molecular complexity index is 1240. The molecule has 1 heterocycles. The topological polar surface area (TPSA) is 58.4 Å². The number of methoxy groups -OCH3 is 3. The molecule has 0 aliphatic rings. The van der Waals surface area contributed by atoms with Crippen molar-refractivity contribution in [3.63, 3.8) is 0 Å². The molecular weight excluding hydrogens is 458 g/mol. The SMILES string of the molecule is COc1cccc(-n2nc(-c3ccc(Br)c(C)c3)nc2-c2cccc(OC)c2OC)c1. The van der Waals surface area contributed by atoms with Crippen LogP contribution in [-0.4, -0.2) is 36.1 Å². The zero-order valence-electron chi connectivity index (χ0n) is 17.7. The molecule has 4 rings (SSSR count). The number of nitrogens with zero attached hydrogens (tertiary/aromatic N) is 3. The summed E-state index contributed by atoms with van der Waals surface area (Å²) >= 11 is 3.56. The molecule has 0 unspecified atom stereocenters. The molecule has 0 bridgehead atoms. The molecule has 0 amide bonds. The Morgan fingerprint density at radius 3 is 2.39 bits per heavy atom. The Morgan fingerprint density at radius 2 is 1.68 bits per heavy atom. The number of hydrogen-bond acceptors (Lipinski definition) is 5. The molecule has 0 fully saturated rings. The summed E-state index contributed by atoms with van der Waals surface area (Å²) in [6, 6.07) is 19.5. The molecule has 0 atom stereocenters. The summed E-state index contributed by atoms with van der Waals surface area (Å²) in [5.41, 5.74) is 3.63. The first-order chi connectivity index (χ1) is 15.0. The second-order valence-electron chi connectivity index (χ2n) is 6.88. The number of halogens is 1. The molecule has 158 valence electrons. The third-order valence-corrected chi connectivity index (χ3v) is 5.85. The van der Waals surface area contributed by atoms with Crippen LogP contribution in [0.2, 0.25) is 0 Å². The summed E-state index contributed by atoms with van der Waals surface area (Å²) in [6.07, 6.45) is 0. The molecular formula is C24H22BrN3O3. The molecule has 0 saturated heterocycles. The van der Waals surface area contributed by atoms with Gasteiger partial charge in [-0.2, -0.15) is 0 Å². The fourth-order valence-corrected chi connectivity index (χ4v) is 3.62. The number of aryl methyl sites for hydroxylation is 1. The lowest BCUT2D eigenvalue weighted by atomic mass is 10.1. The molecule has 4 aromatic rings. The molecule has 0 radical (unpaired) electrons. The van der Waals surface area contributed by atoms with E-state index in [2.05, 4.69) is 22.0 Å². The average molecular weight is 480 g/mol. The second kappa shape index (κ2) is 8.81. The van der Waals surface area contributed by atoms with Crippen LogP contribution in [0, 0.1) is 6.92 Å². The van der Waals surface area contributed by atoms with E-state index in [0.717, 1.165) is 32.6 Å². The molecule has 0 N–H and O–H groups in total. The summed E-state index contributed by atoms with van der Waals surface area (Å²) < 4.78 is 19.4. The maximum absolute atomic E-state index is 5.67. The number of benzene rings is 3. The van der Waals surface area contributed by atoms with Crippen LogP contribution in [0.1, 0.15) is 5.56 Å². The van der Waals surface area contributed by atoms with Gasteiger partial charge in [0.05, 0.1) is 32.6 Å². The van der Waals surface area contributed by atoms with E-state index in [-0.39, 0.29) is 0 Å². The maximum atomic E-state index is 5.67. The highest BCUT2D eigenvalue weighted by Gasteiger charge is 2.21. The number of aromatic nitrogens is 3. The van der Waals surface area contributed by atoms with Crippen LogP contribution in [0.5, 0.6) is 17.2 Å². The van der Waals surface area contributed by atoms with Crippen molar-refractivity contribution in [2.45, 2.75) is 6.92 Å². The van der Waals surface area contributed by atoms with Gasteiger partial charge in [0.1, 0.15) is 5.75 Å². The van der Waals surface area contributed by atoms with Crippen LogP contribution in [0.3, 0.4) is 0 Å². The lowest BCUT2D eigenvalue weighted by molar-refractivity contribution is 0.356. The minimum absolute atomic E-state index is 0.597. The molecule has 3 aromatic carbocycles. The van der Waals surface area contributed by atoms with Gasteiger partial charge in [-0.15, -0.1) is 5.10 Å². The van der Waals surface area contributed by atoms with E-state index in [1.54, 1.807) is 26.0 Å². The highest BCUT2D eigenvalue weighted by molar-refractivity contribution is 9.10. The molecule has 31 heavy (non-hydrogen) atoms. The Hall–Kier alpha value is -3.32. The van der Waals surface area contributed by atoms with Crippen molar-refractivity contribution < 1.29 is 14.2 Å². The van der Waals surface area contributed by atoms with Gasteiger partial charge in [-0.05, 0) is 55.0 Å². The largest absolute Gasteiger partial charge is 0.497 e. The van der Waals surface area contributed by atoms with Gasteiger partial charge in [0.2, 0.25) is 0 Å². The van der Waals surface area contributed by atoms with Crippen LogP contribution in [0.15, 0.2) is 65.1 Å². The number of ether oxygens (including phenoxy) is 3. The van der Waals surface area contributed by atoms with Crippen LogP contribution in [0.25, 0.3) is 28.5 Å². The van der Waals surface area contributed by atoms with Crippen molar-refractivity contribution in [3.8, 4) is 45.7 Å². The minimum Gasteiger partial charge on any atom is -0.497 e. The van der Waals surface area contributed by atoms with Gasteiger partial charge in [0.25, 0.3) is 0 Å². The van der Waals surface area contributed by atoms with E-state index in [9.17, 15) is 0 Å². The zero-order chi connectivity index (χ0) is 22.0. The van der Waals surface area contributed by atoms with E-state index in [0.29, 0.717) is 23.1 Å². The quantitative estimate of drug-likeness (QED) is 0.355. The minimum atomic E-state index is 0.597. The van der Waals surface area contributed by atoms with Crippen molar-refractivity contribution in [3.05, 3.63) is 70.7 Å². The van der Waals surface area contributed by atoms with Gasteiger partial charge in [-0.3, -0.25) is 0 Å². The summed E-state index contributed by atoms with van der Waals surface area (Å²) in [5, 5.41) is 4.84. The highest BCUT2D eigenvalue weighted by Crippen LogP contribution is 2.39. The first-order valence-electron chi connectivity index (χ1n) is 9.65. The van der Waals surface area contributed by atoms with Crippen molar-refractivity contribution in [2.24, 2.45) is 0 Å². The molecule has 0 aliphatic heterocycles. The Morgan fingerprint density at radius 1 is 0.871 bits per heavy atom. The zero-order valence-corrected chi connectivity index (χ0v) is 19.3. The van der Waals surface area contributed by atoms with E-state index in [4.69, 9.17) is 24.3 Å². The molecule has 6 nitrogen and oxygen atoms in total. The van der Waals surface area contributed by atoms with Crippen molar-refractivity contribution in [2.75, 3.05) is 21.3 Å². The molecule has 0 spiro atoms. The fraction of sp³-hybridized carbons (Fsp3) is 0.167. The normalized spacial score (nSPS) is 10.7. The molecule has 0 aliphatic carbocycles. The van der Waals surface area contributed by atoms with Crippen LogP contribution < -0.4 is 14.2 Å². The number of rotatable bonds is 6. The number of para-hydroxylation sites is 1. The standard InChI is InChI=1S/C24H22BrN3O3/c1-15-13-16(11-12-20(15)25)23-26-24(19-9-6-10-21(30-3)22(19)31-4)28(27-23)17-7-5-8-18(14-17)29-2/h5-14H,1-4H3. The van der Waals surface area contributed by atoms with Gasteiger partial charge in [0.15, 0.2) is 23.1 Å². The van der Waals surface area contributed by atoms with Gasteiger partial charge in [-0.25, -0.2) is 9.67 Å². The highest BCUT2D eigenvalue weighted by atomic mass is 79.9. The molecule has 0 saturated carbocycles. The maximum Gasteiger partial charge on any atom is 0.182 e. The smallest absolute Gasteiger partial charge is 0.182 e. The fourth-order valence-electron chi connectivity index (χ4n) is 3.38. The van der Waals surface area contributed by atoms with Gasteiger partial charge in [0, 0.05) is 16.1 Å². The predicted molar refractivity (Wildman–Crippen MR) is 124 cm³/mol. The van der Waals surface area contributed by atoms with Crippen LogP contribution >= 0.6 is 15.9 Å². The third kappa shape index (κ3) is 4.01. The van der Waals surface area contributed by atoms with E-state index < -0.39 is 0 Å². The van der Waals surface area contributed by atoms with Gasteiger partial charge in [-0.1, -0.05) is 28.1 Å².